The number of carbonyl (C=O) groups is 1. The minimum Gasteiger partial charge on any atom is -0.349 e. The van der Waals surface area contributed by atoms with Crippen molar-refractivity contribution in [1.82, 2.24) is 5.32 Å². The van der Waals surface area contributed by atoms with Crippen molar-refractivity contribution in [1.29, 1.82) is 0 Å². The number of amides is 1. The lowest BCUT2D eigenvalue weighted by Gasteiger charge is -2.24. The molecular formula is C13H21ClN2O. The van der Waals surface area contributed by atoms with Gasteiger partial charge in [0.15, 0.2) is 0 Å². The van der Waals surface area contributed by atoms with Crippen LogP contribution in [-0.2, 0) is 4.79 Å². The first-order chi connectivity index (χ1) is 7.47. The molecule has 17 heavy (non-hydrogen) atoms. The molecule has 1 amide bonds. The highest BCUT2D eigenvalue weighted by Gasteiger charge is 2.26. The molecule has 0 radical (unpaired) electrons. The van der Waals surface area contributed by atoms with Gasteiger partial charge in [0.2, 0.25) is 5.91 Å². The first-order valence-electron chi connectivity index (χ1n) is 5.53. The monoisotopic (exact) mass is 256 g/mol. The number of nitrogens with one attached hydrogen (secondary N) is 1. The largest absolute Gasteiger partial charge is 0.349 e. The summed E-state index contributed by atoms with van der Waals surface area (Å²) in [6.07, 6.45) is 0. The van der Waals surface area contributed by atoms with E-state index in [0.717, 1.165) is 5.56 Å². The smallest absolute Gasteiger partial charge is 0.227 e. The second-order valence-electron chi connectivity index (χ2n) is 4.69. The van der Waals surface area contributed by atoms with E-state index in [0.29, 0.717) is 6.54 Å². The Kier molecular flexibility index (Phi) is 6.21. The second-order valence-corrected chi connectivity index (χ2v) is 4.69. The maximum Gasteiger partial charge on any atom is 0.227 e. The molecule has 1 aromatic carbocycles. The topological polar surface area (TPSA) is 55.1 Å². The van der Waals surface area contributed by atoms with Gasteiger partial charge in [0, 0.05) is 6.54 Å². The Hall–Kier alpha value is -1.06. The van der Waals surface area contributed by atoms with Crippen molar-refractivity contribution in [3.8, 4) is 0 Å². The quantitative estimate of drug-likeness (QED) is 0.868. The van der Waals surface area contributed by atoms with Crippen LogP contribution in [0.4, 0.5) is 0 Å². The van der Waals surface area contributed by atoms with Gasteiger partial charge in [-0.1, -0.05) is 30.3 Å². The zero-order valence-corrected chi connectivity index (χ0v) is 11.4. The number of nitrogens with two attached hydrogens (primary N) is 1. The number of benzene rings is 1. The third-order valence-electron chi connectivity index (χ3n) is 2.77. The van der Waals surface area contributed by atoms with E-state index in [-0.39, 0.29) is 24.4 Å². The van der Waals surface area contributed by atoms with Crippen LogP contribution in [0.3, 0.4) is 0 Å². The molecule has 0 unspecified atom stereocenters. The van der Waals surface area contributed by atoms with E-state index in [1.165, 1.54) is 0 Å². The van der Waals surface area contributed by atoms with Crippen LogP contribution in [0.2, 0.25) is 0 Å². The number of halogens is 1. The van der Waals surface area contributed by atoms with Crippen molar-refractivity contribution in [3.63, 3.8) is 0 Å². The van der Waals surface area contributed by atoms with Crippen LogP contribution in [-0.4, -0.2) is 12.5 Å². The van der Waals surface area contributed by atoms with E-state index in [1.807, 2.05) is 51.1 Å². The zero-order valence-electron chi connectivity index (χ0n) is 10.6. The number of carbonyl (C=O) groups excluding carboxylic acids is 1. The van der Waals surface area contributed by atoms with Gasteiger partial charge < -0.3 is 11.1 Å². The van der Waals surface area contributed by atoms with Crippen molar-refractivity contribution >= 4 is 18.3 Å². The molecule has 0 heterocycles. The lowest BCUT2D eigenvalue weighted by molar-refractivity contribution is -0.129. The molecule has 1 aromatic rings. The molecule has 4 heteroatoms. The van der Waals surface area contributed by atoms with Crippen LogP contribution in [0, 0.1) is 5.41 Å². The summed E-state index contributed by atoms with van der Waals surface area (Å²) in [5.74, 6) is -0.00801. The Labute approximate surface area is 109 Å². The lowest BCUT2D eigenvalue weighted by atomic mass is 9.92. The van der Waals surface area contributed by atoms with Crippen molar-refractivity contribution < 1.29 is 4.79 Å². The van der Waals surface area contributed by atoms with Gasteiger partial charge in [-0.05, 0) is 26.3 Å². The third-order valence-corrected chi connectivity index (χ3v) is 2.77. The average molecular weight is 257 g/mol. The van der Waals surface area contributed by atoms with Crippen LogP contribution in [0.25, 0.3) is 0 Å². The minimum absolute atomic E-state index is 0. The number of rotatable bonds is 4. The Morgan fingerprint density at radius 2 is 1.88 bits per heavy atom. The highest BCUT2D eigenvalue weighted by Crippen LogP contribution is 2.17. The van der Waals surface area contributed by atoms with Gasteiger partial charge >= 0.3 is 0 Å². The molecule has 0 aromatic heterocycles. The van der Waals surface area contributed by atoms with Crippen LogP contribution in [0.5, 0.6) is 0 Å². The molecule has 3 N–H and O–H groups in total. The fraction of sp³-hybridized carbons (Fsp3) is 0.462. The molecule has 0 bridgehead atoms. The van der Waals surface area contributed by atoms with E-state index in [2.05, 4.69) is 5.32 Å². The maximum atomic E-state index is 11.9. The molecule has 1 atom stereocenters. The molecule has 0 aliphatic carbocycles. The maximum absolute atomic E-state index is 11.9. The van der Waals surface area contributed by atoms with Gasteiger partial charge in [0.05, 0.1) is 11.5 Å². The average Bonchev–Trinajstić information content (AvgIpc) is 2.30. The van der Waals surface area contributed by atoms with Gasteiger partial charge in [0.1, 0.15) is 0 Å². The third kappa shape index (κ3) is 4.36. The van der Waals surface area contributed by atoms with Crippen molar-refractivity contribution in [2.75, 3.05) is 6.54 Å². The van der Waals surface area contributed by atoms with Gasteiger partial charge in [0.25, 0.3) is 0 Å². The fourth-order valence-electron chi connectivity index (χ4n) is 1.31. The zero-order chi connectivity index (χ0) is 12.2. The summed E-state index contributed by atoms with van der Waals surface area (Å²) in [5, 5.41) is 2.97. The van der Waals surface area contributed by atoms with Gasteiger partial charge in [-0.25, -0.2) is 0 Å². The highest BCUT2D eigenvalue weighted by atomic mass is 35.5. The van der Waals surface area contributed by atoms with E-state index in [1.54, 1.807) is 0 Å². The standard InChI is InChI=1S/C13H20N2O.ClH/c1-10(11-7-5-4-6-8-11)15-12(16)13(2,3)9-14;/h4-8,10H,9,14H2,1-3H3,(H,15,16);1H/t10-;/m1./s1. The Morgan fingerprint density at radius 1 is 1.35 bits per heavy atom. The molecule has 0 spiro atoms. The summed E-state index contributed by atoms with van der Waals surface area (Å²) < 4.78 is 0. The molecule has 0 saturated carbocycles. The van der Waals surface area contributed by atoms with E-state index >= 15 is 0 Å². The van der Waals surface area contributed by atoms with E-state index < -0.39 is 5.41 Å². The molecule has 3 nitrogen and oxygen atoms in total. The fourth-order valence-corrected chi connectivity index (χ4v) is 1.31. The SMILES string of the molecule is C[C@@H](NC(=O)C(C)(C)CN)c1ccccc1.Cl. The van der Waals surface area contributed by atoms with Crippen LogP contribution >= 0.6 is 12.4 Å². The Balaban J connectivity index is 0.00000256. The summed E-state index contributed by atoms with van der Waals surface area (Å²) in [6.45, 7) is 6.01. The first-order valence-corrected chi connectivity index (χ1v) is 5.53. The lowest BCUT2D eigenvalue weighted by Crippen LogP contribution is -2.42. The highest BCUT2D eigenvalue weighted by molar-refractivity contribution is 5.85. The summed E-state index contributed by atoms with van der Waals surface area (Å²) >= 11 is 0. The van der Waals surface area contributed by atoms with E-state index in [9.17, 15) is 4.79 Å². The predicted octanol–water partition coefficient (Wildman–Crippen LogP) is 2.27. The Morgan fingerprint density at radius 3 is 2.35 bits per heavy atom. The second kappa shape index (κ2) is 6.62. The van der Waals surface area contributed by atoms with Crippen molar-refractivity contribution in [2.24, 2.45) is 11.1 Å². The van der Waals surface area contributed by atoms with Crippen LogP contribution in [0.15, 0.2) is 30.3 Å². The molecular weight excluding hydrogens is 236 g/mol. The molecule has 0 fully saturated rings. The number of hydrogen-bond donors (Lipinski definition) is 2. The molecule has 96 valence electrons. The minimum atomic E-state index is -0.511. The van der Waals surface area contributed by atoms with Crippen LogP contribution in [0.1, 0.15) is 32.4 Å². The normalized spacial score (nSPS) is 12.5. The summed E-state index contributed by atoms with van der Waals surface area (Å²) in [5.41, 5.74) is 6.15. The Bertz CT molecular complexity index is 352. The van der Waals surface area contributed by atoms with Crippen LogP contribution < -0.4 is 11.1 Å². The molecule has 1 rings (SSSR count). The first kappa shape index (κ1) is 15.9. The van der Waals surface area contributed by atoms with Gasteiger partial charge in [-0.2, -0.15) is 0 Å². The summed E-state index contributed by atoms with van der Waals surface area (Å²) in [4.78, 5) is 11.9. The molecule has 0 saturated heterocycles. The summed E-state index contributed by atoms with van der Waals surface area (Å²) in [7, 11) is 0. The van der Waals surface area contributed by atoms with Crippen molar-refractivity contribution in [3.05, 3.63) is 35.9 Å². The van der Waals surface area contributed by atoms with Gasteiger partial charge in [-0.15, -0.1) is 12.4 Å². The molecule has 0 aliphatic rings. The summed E-state index contributed by atoms with van der Waals surface area (Å²) in [6, 6.07) is 9.90. The predicted molar refractivity (Wildman–Crippen MR) is 73.1 cm³/mol. The van der Waals surface area contributed by atoms with E-state index in [4.69, 9.17) is 5.73 Å². The van der Waals surface area contributed by atoms with Gasteiger partial charge in [-0.3, -0.25) is 4.79 Å². The van der Waals surface area contributed by atoms with Crippen molar-refractivity contribution in [2.45, 2.75) is 26.8 Å². The number of hydrogen-bond acceptors (Lipinski definition) is 2. The molecule has 0 aliphatic heterocycles.